The molecule has 2 fully saturated rings. The molecular weight excluding hydrogens is 820 g/mol. The molecule has 1 unspecified atom stereocenters. The number of amides is 1. The summed E-state index contributed by atoms with van der Waals surface area (Å²) in [6.45, 7) is 9.35. The second kappa shape index (κ2) is 16.8. The Morgan fingerprint density at radius 1 is 1.13 bits per heavy atom. The van der Waals surface area contributed by atoms with Gasteiger partial charge in [-0.1, -0.05) is 24.6 Å². The third kappa shape index (κ3) is 8.60. The van der Waals surface area contributed by atoms with Gasteiger partial charge in [0.05, 0.1) is 29.7 Å². The zero-order valence-corrected chi connectivity index (χ0v) is 34.2. The Balaban J connectivity index is 1.47. The number of anilines is 1. The number of fused-ring (bicyclic) bond motifs is 3. The number of benzene rings is 2. The van der Waals surface area contributed by atoms with E-state index in [0.29, 0.717) is 57.4 Å². The quantitative estimate of drug-likeness (QED) is 0.304. The van der Waals surface area contributed by atoms with Gasteiger partial charge in [-0.05, 0) is 121 Å². The molecule has 52 heavy (non-hydrogen) atoms. The number of morpholine rings is 1. The summed E-state index contributed by atoms with van der Waals surface area (Å²) in [5.41, 5.74) is 3.38. The lowest BCUT2D eigenvalue weighted by atomic mass is 9.79. The van der Waals surface area contributed by atoms with Crippen LogP contribution in [-0.4, -0.2) is 106 Å². The van der Waals surface area contributed by atoms with Gasteiger partial charge in [0.1, 0.15) is 24.2 Å². The summed E-state index contributed by atoms with van der Waals surface area (Å²) in [6.07, 6.45) is 5.75. The van der Waals surface area contributed by atoms with Crippen LogP contribution in [0.1, 0.15) is 62.6 Å². The lowest BCUT2D eigenvalue weighted by molar-refractivity contribution is -0.137. The molecule has 4 aliphatic heterocycles. The molecule has 2 saturated heterocycles. The molecule has 0 aliphatic carbocycles. The van der Waals surface area contributed by atoms with E-state index in [1.54, 1.807) is 25.8 Å². The molecule has 4 aliphatic rings. The predicted octanol–water partition coefficient (Wildman–Crippen LogP) is 5.69. The van der Waals surface area contributed by atoms with Crippen molar-refractivity contribution in [1.82, 2.24) is 14.7 Å². The number of allylic oxidation sites excluding steroid dienone is 1. The van der Waals surface area contributed by atoms with E-state index >= 15 is 4.39 Å². The first-order valence-corrected chi connectivity index (χ1v) is 21.5. The van der Waals surface area contributed by atoms with Gasteiger partial charge in [0.15, 0.2) is 0 Å². The molecule has 2 aromatic carbocycles. The zero-order chi connectivity index (χ0) is 37.2. The van der Waals surface area contributed by atoms with Crippen LogP contribution < -0.4 is 14.8 Å². The summed E-state index contributed by atoms with van der Waals surface area (Å²) < 4.78 is 54.8. The largest absolute Gasteiger partial charge is 0.487 e. The fourth-order valence-corrected chi connectivity index (χ4v) is 9.79. The molecule has 1 amide bonds. The fourth-order valence-electron chi connectivity index (χ4n) is 8.31. The molecule has 2 aromatic rings. The Hall–Kier alpha value is -2.01. The van der Waals surface area contributed by atoms with Gasteiger partial charge in [-0.2, -0.15) is 0 Å². The minimum atomic E-state index is -3.82. The summed E-state index contributed by atoms with van der Waals surface area (Å²) in [4.78, 5) is 23.2. The van der Waals surface area contributed by atoms with E-state index in [4.69, 9.17) is 26.2 Å². The van der Waals surface area contributed by atoms with Crippen molar-refractivity contribution in [3.8, 4) is 5.75 Å². The first kappa shape index (κ1) is 39.7. The Morgan fingerprint density at radius 3 is 2.65 bits per heavy atom. The number of aryl methyl sites for hydroxylation is 1. The molecule has 0 aromatic heterocycles. The maximum Gasteiger partial charge on any atom is 0.246 e. The highest BCUT2D eigenvalue weighted by molar-refractivity contribution is 14.1. The van der Waals surface area contributed by atoms with E-state index in [-0.39, 0.29) is 12.3 Å². The highest BCUT2D eigenvalue weighted by Gasteiger charge is 2.52. The van der Waals surface area contributed by atoms with E-state index in [2.05, 4.69) is 49.4 Å². The van der Waals surface area contributed by atoms with E-state index < -0.39 is 38.6 Å². The van der Waals surface area contributed by atoms with E-state index in [1.165, 1.54) is 6.08 Å². The number of sulfonamides is 1. The average Bonchev–Trinajstić information content (AvgIpc) is 3.53. The second-order valence-corrected chi connectivity index (χ2v) is 18.5. The van der Waals surface area contributed by atoms with Gasteiger partial charge in [0.2, 0.25) is 15.9 Å². The normalized spacial score (nSPS) is 23.4. The maximum absolute atomic E-state index is 17.2. The first-order chi connectivity index (χ1) is 24.8. The van der Waals surface area contributed by atoms with Crippen LogP contribution >= 0.6 is 34.2 Å². The van der Waals surface area contributed by atoms with E-state index in [1.807, 2.05) is 18.2 Å². The number of carbonyl (C=O) groups is 1. The number of rotatable bonds is 10. The number of hydrogen-bond donors (Lipinski definition) is 1. The van der Waals surface area contributed by atoms with Crippen LogP contribution in [0, 0.1) is 9.49 Å². The van der Waals surface area contributed by atoms with Crippen molar-refractivity contribution < 1.29 is 27.1 Å². The zero-order valence-electron chi connectivity index (χ0n) is 30.5. The van der Waals surface area contributed by atoms with Crippen LogP contribution in [0.25, 0.3) is 0 Å². The Bertz CT molecular complexity index is 1760. The van der Waals surface area contributed by atoms with Crippen LogP contribution in [0.15, 0.2) is 42.2 Å². The monoisotopic (exact) mass is 871 g/mol. The first-order valence-electron chi connectivity index (χ1n) is 18.5. The van der Waals surface area contributed by atoms with Crippen molar-refractivity contribution in [2.24, 2.45) is 11.1 Å². The highest BCUT2D eigenvalue weighted by Crippen LogP contribution is 2.49. The van der Waals surface area contributed by atoms with Crippen LogP contribution in [0.3, 0.4) is 0 Å². The van der Waals surface area contributed by atoms with E-state index in [9.17, 15) is 13.2 Å². The van der Waals surface area contributed by atoms with Gasteiger partial charge < -0.3 is 19.3 Å². The smallest absolute Gasteiger partial charge is 0.246 e. The molecule has 0 radical (unpaired) electrons. The van der Waals surface area contributed by atoms with Gasteiger partial charge in [0, 0.05) is 61.5 Å². The molecule has 2 N–H and O–H groups in total. The van der Waals surface area contributed by atoms with Gasteiger partial charge in [-0.3, -0.25) is 14.6 Å². The SMILES string of the molecule is C[C@H]([C@@H](C)C/C=C(\F)C(C(=O)N(C)CCN1CCOCC1)N1CCC[C@@]12CN1CCCCc3cc(Cl)cc2c3COc2ccc(I)cc21)S(N)(=O)=O. The number of primary sulfonamides is 1. The van der Waals surface area contributed by atoms with Crippen LogP contribution in [0.5, 0.6) is 5.75 Å². The minimum Gasteiger partial charge on any atom is -0.487 e. The van der Waals surface area contributed by atoms with Crippen LogP contribution in [0.4, 0.5) is 10.1 Å². The topological polar surface area (TPSA) is 109 Å². The molecule has 14 heteroatoms. The van der Waals surface area contributed by atoms with Gasteiger partial charge in [-0.25, -0.2) is 17.9 Å². The molecule has 10 nitrogen and oxygen atoms in total. The average molecular weight is 872 g/mol. The minimum absolute atomic E-state index is 0.115. The molecule has 6 rings (SSSR count). The molecule has 286 valence electrons. The predicted molar refractivity (Wildman–Crippen MR) is 212 cm³/mol. The number of halogens is 3. The molecule has 0 saturated carbocycles. The molecular formula is C38H52ClFIN5O5S. The van der Waals surface area contributed by atoms with Gasteiger partial charge >= 0.3 is 0 Å². The molecule has 1 spiro atoms. The number of ether oxygens (including phenoxy) is 2. The van der Waals surface area contributed by atoms with Crippen LogP contribution in [-0.2, 0) is 38.1 Å². The number of nitrogens with two attached hydrogens (primary N) is 1. The number of likely N-dealkylation sites (N-methyl/N-ethyl adjacent to an activating group) is 1. The molecule has 4 bridgehead atoms. The van der Waals surface area contributed by atoms with Crippen molar-refractivity contribution in [2.75, 3.05) is 71.0 Å². The van der Waals surface area contributed by atoms with Crippen LogP contribution in [0.2, 0.25) is 5.02 Å². The second-order valence-electron chi connectivity index (χ2n) is 14.9. The van der Waals surface area contributed by atoms with Crippen molar-refractivity contribution in [3.05, 3.63) is 67.5 Å². The third-order valence-corrected chi connectivity index (χ3v) is 14.0. The standard InChI is InChI=1S/C38H52ClFIN5O5S/c1-26(27(2)52(42,48)49)8-10-33(40)36(37(47)43(3)15-16-44-17-19-50-20-18-44)46-14-6-12-38(46)25-45-13-5-4-7-28-21-29(39)22-32(38)31(28)24-51-35-11-9-30(41)23-34(35)45/h9-11,21-23,26-27,36H,4-8,12-20,24-25H2,1-3H3,(H2,42,48,49)/b33-10-/t26-,27+,36?,38-/m0/s1. The lowest BCUT2D eigenvalue weighted by Gasteiger charge is -2.47. The number of likely N-dealkylation sites (tertiary alicyclic amines) is 1. The Morgan fingerprint density at radius 2 is 1.90 bits per heavy atom. The number of hydrogen-bond acceptors (Lipinski definition) is 8. The summed E-state index contributed by atoms with van der Waals surface area (Å²) in [6, 6.07) is 9.06. The Labute approximate surface area is 327 Å². The maximum atomic E-state index is 17.2. The summed E-state index contributed by atoms with van der Waals surface area (Å²) in [7, 11) is -2.07. The van der Waals surface area contributed by atoms with Crippen molar-refractivity contribution in [2.45, 2.75) is 75.8 Å². The number of carbonyl (C=O) groups excluding carboxylic acids is 1. The fraction of sp³-hybridized carbons (Fsp3) is 0.605. The number of nitrogens with zero attached hydrogens (tertiary/aromatic N) is 4. The van der Waals surface area contributed by atoms with Crippen molar-refractivity contribution >= 4 is 55.8 Å². The van der Waals surface area contributed by atoms with Gasteiger partial charge in [0.25, 0.3) is 0 Å². The Kier molecular flexibility index (Phi) is 12.8. The van der Waals surface area contributed by atoms with Gasteiger partial charge in [-0.15, -0.1) is 0 Å². The summed E-state index contributed by atoms with van der Waals surface area (Å²) in [5, 5.41) is 5.21. The lowest BCUT2D eigenvalue weighted by Crippen LogP contribution is -2.59. The summed E-state index contributed by atoms with van der Waals surface area (Å²) >= 11 is 9.27. The highest BCUT2D eigenvalue weighted by atomic mass is 127. The van der Waals surface area contributed by atoms with Crippen molar-refractivity contribution in [3.63, 3.8) is 0 Å². The molecule has 4 heterocycles. The van der Waals surface area contributed by atoms with Crippen molar-refractivity contribution in [1.29, 1.82) is 0 Å². The summed E-state index contributed by atoms with van der Waals surface area (Å²) in [5.74, 6) is -0.565. The molecule has 4 atom stereocenters. The van der Waals surface area contributed by atoms with E-state index in [0.717, 1.165) is 77.0 Å². The third-order valence-electron chi connectivity index (χ3n) is 11.6.